The molecule has 1 N–H and O–H groups in total. The van der Waals surface area contributed by atoms with Crippen LogP contribution in [0.25, 0.3) is 0 Å². The SMILES string of the molecule is CCC(Nc1ccc(C#N)c(C#N)c1)c1ccco1. The second kappa shape index (κ2) is 5.75. The molecule has 4 heteroatoms. The lowest BCUT2D eigenvalue weighted by Crippen LogP contribution is -2.09. The smallest absolute Gasteiger partial charge is 0.125 e. The zero-order chi connectivity index (χ0) is 13.7. The minimum Gasteiger partial charge on any atom is -0.467 e. The molecule has 2 rings (SSSR count). The van der Waals surface area contributed by atoms with Crippen LogP contribution in [0, 0.1) is 22.7 Å². The number of nitrogens with zero attached hydrogens (tertiary/aromatic N) is 2. The largest absolute Gasteiger partial charge is 0.467 e. The van der Waals surface area contributed by atoms with E-state index in [1.807, 2.05) is 24.3 Å². The zero-order valence-corrected chi connectivity index (χ0v) is 10.6. The molecule has 0 aliphatic carbocycles. The van der Waals surface area contributed by atoms with Crippen LogP contribution < -0.4 is 5.32 Å². The van der Waals surface area contributed by atoms with Crippen LogP contribution in [-0.4, -0.2) is 0 Å². The molecular formula is C15H13N3O. The van der Waals surface area contributed by atoms with E-state index in [9.17, 15) is 0 Å². The number of rotatable bonds is 4. The van der Waals surface area contributed by atoms with Gasteiger partial charge < -0.3 is 9.73 Å². The van der Waals surface area contributed by atoms with Gasteiger partial charge in [0, 0.05) is 5.69 Å². The molecule has 1 heterocycles. The van der Waals surface area contributed by atoms with Crippen molar-refractivity contribution in [2.45, 2.75) is 19.4 Å². The van der Waals surface area contributed by atoms with Crippen molar-refractivity contribution in [3.63, 3.8) is 0 Å². The summed E-state index contributed by atoms with van der Waals surface area (Å²) >= 11 is 0. The van der Waals surface area contributed by atoms with Crippen LogP contribution >= 0.6 is 0 Å². The van der Waals surface area contributed by atoms with Gasteiger partial charge in [0.2, 0.25) is 0 Å². The first-order chi connectivity index (χ1) is 9.28. The number of hydrogen-bond acceptors (Lipinski definition) is 4. The highest BCUT2D eigenvalue weighted by Crippen LogP contribution is 2.24. The Bertz CT molecular complexity index is 632. The van der Waals surface area contributed by atoms with Crippen molar-refractivity contribution in [3.05, 3.63) is 53.5 Å². The maximum Gasteiger partial charge on any atom is 0.125 e. The van der Waals surface area contributed by atoms with E-state index >= 15 is 0 Å². The van der Waals surface area contributed by atoms with Crippen molar-refractivity contribution in [3.8, 4) is 12.1 Å². The highest BCUT2D eigenvalue weighted by Gasteiger charge is 2.12. The van der Waals surface area contributed by atoms with Crippen LogP contribution in [-0.2, 0) is 0 Å². The molecule has 0 saturated heterocycles. The van der Waals surface area contributed by atoms with Crippen LogP contribution in [0.1, 0.15) is 36.3 Å². The first-order valence-electron chi connectivity index (χ1n) is 6.02. The number of nitriles is 2. The fourth-order valence-electron chi connectivity index (χ4n) is 1.89. The lowest BCUT2D eigenvalue weighted by atomic mass is 10.1. The van der Waals surface area contributed by atoms with E-state index in [1.165, 1.54) is 0 Å². The Morgan fingerprint density at radius 3 is 2.58 bits per heavy atom. The summed E-state index contributed by atoms with van der Waals surface area (Å²) in [5, 5.41) is 21.2. The molecule has 1 aromatic carbocycles. The molecule has 4 nitrogen and oxygen atoms in total. The lowest BCUT2D eigenvalue weighted by molar-refractivity contribution is 0.474. The Kier molecular flexibility index (Phi) is 3.85. The molecule has 0 radical (unpaired) electrons. The summed E-state index contributed by atoms with van der Waals surface area (Å²) in [4.78, 5) is 0. The van der Waals surface area contributed by atoms with Crippen LogP contribution in [0.2, 0.25) is 0 Å². The van der Waals surface area contributed by atoms with Crippen molar-refractivity contribution in [2.24, 2.45) is 0 Å². The number of nitrogens with one attached hydrogen (secondary N) is 1. The standard InChI is InChI=1S/C15H13N3O/c1-2-14(15-4-3-7-19-15)18-13-6-5-11(9-16)12(8-13)10-17/h3-8,14,18H,2H2,1H3. The maximum absolute atomic E-state index is 9.00. The third-order valence-corrected chi connectivity index (χ3v) is 2.90. The third-order valence-electron chi connectivity index (χ3n) is 2.90. The van der Waals surface area contributed by atoms with Gasteiger partial charge in [0.05, 0.1) is 23.4 Å². The molecule has 0 aliphatic rings. The molecule has 0 bridgehead atoms. The van der Waals surface area contributed by atoms with E-state index < -0.39 is 0 Å². The van der Waals surface area contributed by atoms with Gasteiger partial charge >= 0.3 is 0 Å². The Labute approximate surface area is 111 Å². The number of hydrogen-bond donors (Lipinski definition) is 1. The Morgan fingerprint density at radius 1 is 1.21 bits per heavy atom. The van der Waals surface area contributed by atoms with Gasteiger partial charge in [-0.15, -0.1) is 0 Å². The summed E-state index contributed by atoms with van der Waals surface area (Å²) in [6.07, 6.45) is 2.49. The summed E-state index contributed by atoms with van der Waals surface area (Å²) in [6, 6.07) is 13.0. The van der Waals surface area contributed by atoms with Crippen LogP contribution in [0.3, 0.4) is 0 Å². The summed E-state index contributed by atoms with van der Waals surface area (Å²) in [5.74, 6) is 0.852. The maximum atomic E-state index is 9.00. The minimum atomic E-state index is 0.0504. The van der Waals surface area contributed by atoms with E-state index in [4.69, 9.17) is 14.9 Å². The molecule has 94 valence electrons. The van der Waals surface area contributed by atoms with Crippen LogP contribution in [0.5, 0.6) is 0 Å². The number of furan rings is 1. The number of benzene rings is 1. The van der Waals surface area contributed by atoms with Gasteiger partial charge in [0.25, 0.3) is 0 Å². The van der Waals surface area contributed by atoms with E-state index in [0.29, 0.717) is 11.1 Å². The summed E-state index contributed by atoms with van der Waals surface area (Å²) < 4.78 is 5.38. The quantitative estimate of drug-likeness (QED) is 0.901. The first-order valence-corrected chi connectivity index (χ1v) is 6.02. The molecule has 1 aromatic heterocycles. The summed E-state index contributed by atoms with van der Waals surface area (Å²) in [6.45, 7) is 2.05. The molecule has 0 saturated carbocycles. The van der Waals surface area contributed by atoms with E-state index in [-0.39, 0.29) is 6.04 Å². The third kappa shape index (κ3) is 2.75. The zero-order valence-electron chi connectivity index (χ0n) is 10.6. The van der Waals surface area contributed by atoms with Crippen molar-refractivity contribution < 1.29 is 4.42 Å². The average molecular weight is 251 g/mol. The molecule has 0 fully saturated rings. The Morgan fingerprint density at radius 2 is 2.00 bits per heavy atom. The van der Waals surface area contributed by atoms with E-state index in [1.54, 1.807) is 24.5 Å². The summed E-state index contributed by atoms with van der Waals surface area (Å²) in [5.41, 5.74) is 1.57. The minimum absolute atomic E-state index is 0.0504. The highest BCUT2D eigenvalue weighted by molar-refractivity contribution is 5.56. The highest BCUT2D eigenvalue weighted by atomic mass is 16.3. The molecule has 2 aromatic rings. The van der Waals surface area contributed by atoms with Gasteiger partial charge in [0.15, 0.2) is 0 Å². The lowest BCUT2D eigenvalue weighted by Gasteiger charge is -2.16. The summed E-state index contributed by atoms with van der Waals surface area (Å²) in [7, 11) is 0. The topological polar surface area (TPSA) is 72.8 Å². The monoisotopic (exact) mass is 251 g/mol. The van der Waals surface area contributed by atoms with E-state index in [2.05, 4.69) is 12.2 Å². The van der Waals surface area contributed by atoms with Gasteiger partial charge in [-0.05, 0) is 36.8 Å². The van der Waals surface area contributed by atoms with Gasteiger partial charge in [-0.2, -0.15) is 10.5 Å². The molecule has 1 unspecified atom stereocenters. The molecular weight excluding hydrogens is 238 g/mol. The fourth-order valence-corrected chi connectivity index (χ4v) is 1.89. The van der Waals surface area contributed by atoms with Crippen molar-refractivity contribution in [2.75, 3.05) is 5.32 Å². The van der Waals surface area contributed by atoms with Crippen LogP contribution in [0.4, 0.5) is 5.69 Å². The van der Waals surface area contributed by atoms with Gasteiger partial charge in [0.1, 0.15) is 17.9 Å². The van der Waals surface area contributed by atoms with Crippen molar-refractivity contribution in [1.82, 2.24) is 0 Å². The van der Waals surface area contributed by atoms with Crippen LogP contribution in [0.15, 0.2) is 41.0 Å². The Hall–Kier alpha value is -2.72. The van der Waals surface area contributed by atoms with E-state index in [0.717, 1.165) is 17.9 Å². The molecule has 1 atom stereocenters. The predicted octanol–water partition coefficient (Wildman–Crippen LogP) is 3.59. The van der Waals surface area contributed by atoms with Crippen molar-refractivity contribution in [1.29, 1.82) is 10.5 Å². The first kappa shape index (κ1) is 12.7. The second-order valence-corrected chi connectivity index (χ2v) is 4.10. The van der Waals surface area contributed by atoms with Crippen molar-refractivity contribution >= 4 is 5.69 Å². The molecule has 0 amide bonds. The fraction of sp³-hybridized carbons (Fsp3) is 0.200. The number of anilines is 1. The molecule has 0 spiro atoms. The van der Waals surface area contributed by atoms with Gasteiger partial charge in [-0.1, -0.05) is 6.92 Å². The normalized spacial score (nSPS) is 11.3. The predicted molar refractivity (Wildman–Crippen MR) is 71.2 cm³/mol. The second-order valence-electron chi connectivity index (χ2n) is 4.10. The molecule has 0 aliphatic heterocycles. The Balaban J connectivity index is 2.24. The van der Waals surface area contributed by atoms with Gasteiger partial charge in [-0.3, -0.25) is 0 Å². The van der Waals surface area contributed by atoms with Gasteiger partial charge in [-0.25, -0.2) is 0 Å². The average Bonchev–Trinajstić information content (AvgIpc) is 2.98. The molecule has 19 heavy (non-hydrogen) atoms.